The zero-order valence-corrected chi connectivity index (χ0v) is 21.6. The molecular formula is C26H24N4O4S2. The molecule has 0 aliphatic heterocycles. The monoisotopic (exact) mass is 520 g/mol. The van der Waals surface area contributed by atoms with Crippen LogP contribution in [0.5, 0.6) is 5.75 Å². The van der Waals surface area contributed by atoms with Crippen LogP contribution in [0.3, 0.4) is 0 Å². The van der Waals surface area contributed by atoms with Crippen molar-refractivity contribution in [2.24, 2.45) is 0 Å². The predicted molar refractivity (Wildman–Crippen MR) is 141 cm³/mol. The number of rotatable bonds is 7. The van der Waals surface area contributed by atoms with Crippen molar-refractivity contribution in [1.82, 2.24) is 18.0 Å². The molecule has 3 aromatic carbocycles. The molecule has 0 aliphatic rings. The number of methoxy groups -OCH3 is 1. The van der Waals surface area contributed by atoms with Crippen molar-refractivity contribution in [1.29, 1.82) is 0 Å². The molecule has 0 atom stereocenters. The summed E-state index contributed by atoms with van der Waals surface area (Å²) in [6.45, 7) is 3.94. The van der Waals surface area contributed by atoms with Crippen LogP contribution < -0.4 is 10.3 Å². The van der Waals surface area contributed by atoms with E-state index in [1.54, 1.807) is 37.4 Å². The molecular weight excluding hydrogens is 496 g/mol. The zero-order chi connectivity index (χ0) is 25.4. The van der Waals surface area contributed by atoms with Gasteiger partial charge in [0.2, 0.25) is 10.0 Å². The number of aromatic nitrogens is 3. The van der Waals surface area contributed by atoms with Crippen molar-refractivity contribution in [3.05, 3.63) is 93.3 Å². The Balaban J connectivity index is 1.61. The third-order valence-electron chi connectivity index (χ3n) is 6.27. The number of nitrogens with zero attached hydrogens (tertiary/aromatic N) is 3. The highest BCUT2D eigenvalue weighted by Gasteiger charge is 2.29. The first-order chi connectivity index (χ1) is 17.3. The van der Waals surface area contributed by atoms with Crippen LogP contribution in [-0.4, -0.2) is 33.6 Å². The van der Waals surface area contributed by atoms with Crippen molar-refractivity contribution in [2.45, 2.75) is 31.8 Å². The minimum atomic E-state index is -4.04. The molecule has 0 aliphatic carbocycles. The summed E-state index contributed by atoms with van der Waals surface area (Å²) in [5.41, 5.74) is 4.49. The SMILES string of the molecule is COc1ccc(CN(Cc2cc3cc(C)c(C)cc3[nH]c2=O)S(=O)(=O)c2cccc3nsnc23)cc1. The molecule has 8 nitrogen and oxygen atoms in total. The predicted octanol–water partition coefficient (Wildman–Crippen LogP) is 4.55. The van der Waals surface area contributed by atoms with Crippen LogP contribution in [0.2, 0.25) is 0 Å². The number of pyridine rings is 1. The number of ether oxygens (including phenoxy) is 1. The van der Waals surface area contributed by atoms with Crippen LogP contribution in [-0.2, 0) is 23.1 Å². The molecule has 2 heterocycles. The van der Waals surface area contributed by atoms with Gasteiger partial charge < -0.3 is 9.72 Å². The molecule has 1 N–H and O–H groups in total. The molecule has 0 saturated heterocycles. The smallest absolute Gasteiger partial charge is 0.252 e. The van der Waals surface area contributed by atoms with Gasteiger partial charge in [-0.1, -0.05) is 18.2 Å². The fourth-order valence-electron chi connectivity index (χ4n) is 4.12. The van der Waals surface area contributed by atoms with Gasteiger partial charge in [0, 0.05) is 24.2 Å². The normalized spacial score (nSPS) is 12.0. The Hall–Kier alpha value is -3.60. The van der Waals surface area contributed by atoms with Gasteiger partial charge in [-0.15, -0.1) is 0 Å². The maximum Gasteiger partial charge on any atom is 0.252 e. The van der Waals surface area contributed by atoms with Crippen molar-refractivity contribution in [3.8, 4) is 5.75 Å². The van der Waals surface area contributed by atoms with E-state index >= 15 is 0 Å². The molecule has 0 spiro atoms. The lowest BCUT2D eigenvalue weighted by atomic mass is 10.0. The largest absolute Gasteiger partial charge is 0.497 e. The number of hydrogen-bond acceptors (Lipinski definition) is 7. The molecule has 0 fully saturated rings. The Morgan fingerprint density at radius 2 is 1.72 bits per heavy atom. The minimum absolute atomic E-state index is 0.0602. The summed E-state index contributed by atoms with van der Waals surface area (Å²) < 4.78 is 42.9. The van der Waals surface area contributed by atoms with E-state index in [0.29, 0.717) is 22.3 Å². The first-order valence-corrected chi connectivity index (χ1v) is 13.4. The standard InChI is InChI=1S/C26H24N4O4S2/c1-16-11-19-13-20(26(31)27-23(19)12-17(16)2)15-30(14-18-7-9-21(34-3)10-8-18)36(32,33)24-6-4-5-22-25(24)29-35-28-22/h4-13H,14-15H2,1-3H3,(H,27,31). The van der Waals surface area contributed by atoms with Crippen molar-refractivity contribution < 1.29 is 13.2 Å². The first-order valence-electron chi connectivity index (χ1n) is 11.2. The fourth-order valence-corrected chi connectivity index (χ4v) is 6.28. The van der Waals surface area contributed by atoms with Crippen LogP contribution in [0.15, 0.2) is 70.4 Å². The third kappa shape index (κ3) is 4.50. The van der Waals surface area contributed by atoms with E-state index in [1.165, 1.54) is 10.4 Å². The number of benzene rings is 3. The summed E-state index contributed by atoms with van der Waals surface area (Å²) >= 11 is 0.961. The second-order valence-corrected chi connectivity index (χ2v) is 11.1. The highest BCUT2D eigenvalue weighted by molar-refractivity contribution is 7.89. The maximum atomic E-state index is 14.0. The number of nitrogens with one attached hydrogen (secondary N) is 1. The summed E-state index contributed by atoms with van der Waals surface area (Å²) in [5.74, 6) is 0.670. The maximum absolute atomic E-state index is 14.0. The van der Waals surface area contributed by atoms with E-state index < -0.39 is 10.0 Å². The molecule has 0 saturated carbocycles. The summed E-state index contributed by atoms with van der Waals surface area (Å²) in [5, 5.41) is 0.847. The molecule has 0 radical (unpaired) electrons. The van der Waals surface area contributed by atoms with Gasteiger partial charge in [-0.25, -0.2) is 8.42 Å². The van der Waals surface area contributed by atoms with Gasteiger partial charge >= 0.3 is 0 Å². The number of aromatic amines is 1. The Kier molecular flexibility index (Phi) is 6.33. The molecule has 0 unspecified atom stereocenters. The highest BCUT2D eigenvalue weighted by Crippen LogP contribution is 2.27. The molecule has 5 rings (SSSR count). The lowest BCUT2D eigenvalue weighted by Crippen LogP contribution is -2.32. The van der Waals surface area contributed by atoms with E-state index in [-0.39, 0.29) is 23.5 Å². The first kappa shape index (κ1) is 24.1. The van der Waals surface area contributed by atoms with Crippen LogP contribution in [0.4, 0.5) is 0 Å². The number of hydrogen-bond donors (Lipinski definition) is 1. The van der Waals surface area contributed by atoms with E-state index in [9.17, 15) is 13.2 Å². The summed E-state index contributed by atoms with van der Waals surface area (Å²) in [4.78, 5) is 16.0. The Labute approximate surface area is 212 Å². The number of aryl methyl sites for hydroxylation is 2. The van der Waals surface area contributed by atoms with Crippen LogP contribution in [0.1, 0.15) is 22.3 Å². The van der Waals surface area contributed by atoms with E-state index in [2.05, 4.69) is 13.7 Å². The van der Waals surface area contributed by atoms with E-state index in [0.717, 1.165) is 39.3 Å². The van der Waals surface area contributed by atoms with Crippen LogP contribution in [0, 0.1) is 13.8 Å². The fraction of sp³-hybridized carbons (Fsp3) is 0.192. The van der Waals surface area contributed by atoms with Crippen LogP contribution in [0.25, 0.3) is 21.9 Å². The van der Waals surface area contributed by atoms with Crippen molar-refractivity contribution >= 4 is 43.7 Å². The van der Waals surface area contributed by atoms with Gasteiger partial charge in [0.25, 0.3) is 5.56 Å². The summed E-state index contributed by atoms with van der Waals surface area (Å²) in [6.07, 6.45) is 0. The van der Waals surface area contributed by atoms with Gasteiger partial charge in [0.05, 0.1) is 18.8 Å². The van der Waals surface area contributed by atoms with E-state index in [4.69, 9.17) is 4.74 Å². The molecule has 0 amide bonds. The number of H-pyrrole nitrogens is 1. The lowest BCUT2D eigenvalue weighted by Gasteiger charge is -2.23. The number of sulfonamides is 1. The molecule has 0 bridgehead atoms. The van der Waals surface area contributed by atoms with Gasteiger partial charge in [0.15, 0.2) is 0 Å². The topological polar surface area (TPSA) is 105 Å². The van der Waals surface area contributed by atoms with Crippen molar-refractivity contribution in [3.63, 3.8) is 0 Å². The van der Waals surface area contributed by atoms with Crippen LogP contribution >= 0.6 is 11.7 Å². The second kappa shape index (κ2) is 9.45. The van der Waals surface area contributed by atoms with E-state index in [1.807, 2.05) is 38.1 Å². The molecule has 10 heteroatoms. The van der Waals surface area contributed by atoms with Gasteiger partial charge in [-0.05, 0) is 78.4 Å². The molecule has 5 aromatic rings. The second-order valence-electron chi connectivity index (χ2n) is 8.66. The summed E-state index contributed by atoms with van der Waals surface area (Å²) in [6, 6.07) is 17.8. The van der Waals surface area contributed by atoms with Gasteiger partial charge in [-0.2, -0.15) is 13.1 Å². The molecule has 184 valence electrons. The Morgan fingerprint density at radius 1 is 0.972 bits per heavy atom. The zero-order valence-electron chi connectivity index (χ0n) is 20.0. The quantitative estimate of drug-likeness (QED) is 0.338. The Bertz CT molecular complexity index is 1740. The average molecular weight is 521 g/mol. The van der Waals surface area contributed by atoms with Gasteiger partial charge in [0.1, 0.15) is 21.7 Å². The minimum Gasteiger partial charge on any atom is -0.497 e. The average Bonchev–Trinajstić information content (AvgIpc) is 3.34. The highest BCUT2D eigenvalue weighted by atomic mass is 32.2. The molecule has 36 heavy (non-hydrogen) atoms. The van der Waals surface area contributed by atoms with Crippen molar-refractivity contribution in [2.75, 3.05) is 7.11 Å². The summed E-state index contributed by atoms with van der Waals surface area (Å²) in [7, 11) is -2.47. The third-order valence-corrected chi connectivity index (χ3v) is 8.63. The van der Waals surface area contributed by atoms with Gasteiger partial charge in [-0.3, -0.25) is 4.79 Å². The lowest BCUT2D eigenvalue weighted by molar-refractivity contribution is 0.398. The Morgan fingerprint density at radius 3 is 2.47 bits per heavy atom. The molecule has 2 aromatic heterocycles. The number of fused-ring (bicyclic) bond motifs is 2.